The summed E-state index contributed by atoms with van der Waals surface area (Å²) in [5.41, 5.74) is 2.22. The minimum atomic E-state index is -2.01. The zero-order valence-corrected chi connectivity index (χ0v) is 23.9. The fourth-order valence-corrected chi connectivity index (χ4v) is 5.16. The number of hydrogen-bond acceptors (Lipinski definition) is 4. The molecule has 0 spiro atoms. The van der Waals surface area contributed by atoms with Gasteiger partial charge in [-0.2, -0.15) is 0 Å². The van der Waals surface area contributed by atoms with Crippen LogP contribution in [-0.2, 0) is 4.79 Å². The Kier molecular flexibility index (Phi) is 9.55. The molecule has 0 aliphatic rings. The first-order valence-corrected chi connectivity index (χ1v) is 15.5. The van der Waals surface area contributed by atoms with Gasteiger partial charge in [0.05, 0.1) is 0 Å². The lowest BCUT2D eigenvalue weighted by Crippen LogP contribution is -2.43. The van der Waals surface area contributed by atoms with Crippen molar-refractivity contribution in [3.63, 3.8) is 0 Å². The van der Waals surface area contributed by atoms with Crippen molar-refractivity contribution in [1.82, 2.24) is 4.90 Å². The highest BCUT2D eigenvalue weighted by Crippen LogP contribution is 2.41. The van der Waals surface area contributed by atoms with Crippen LogP contribution in [0.5, 0.6) is 11.5 Å². The van der Waals surface area contributed by atoms with Crippen LogP contribution in [-0.4, -0.2) is 37.8 Å². The molecule has 5 heteroatoms. The maximum absolute atomic E-state index is 12.0. The summed E-state index contributed by atoms with van der Waals surface area (Å²) in [7, 11) is -2.01. The highest BCUT2D eigenvalue weighted by atomic mass is 28.4. The van der Waals surface area contributed by atoms with Gasteiger partial charge in [0.1, 0.15) is 11.5 Å². The number of benzene rings is 2. The third-order valence-electron chi connectivity index (χ3n) is 6.99. The summed E-state index contributed by atoms with van der Waals surface area (Å²) in [6.07, 6.45) is 0.915. The maximum atomic E-state index is 12.0. The lowest BCUT2D eigenvalue weighted by Gasteiger charge is -2.37. The van der Waals surface area contributed by atoms with E-state index in [-0.39, 0.29) is 16.9 Å². The molecule has 0 radical (unpaired) electrons. The molecular formula is C29H45NO3Si. The molecule has 2 aromatic rings. The van der Waals surface area contributed by atoms with Crippen LogP contribution in [0.2, 0.25) is 18.1 Å². The van der Waals surface area contributed by atoms with Crippen LogP contribution < -0.4 is 9.16 Å². The van der Waals surface area contributed by atoms with Crippen molar-refractivity contribution in [2.24, 2.45) is 0 Å². The minimum absolute atomic E-state index is 0.0820. The summed E-state index contributed by atoms with van der Waals surface area (Å²) in [6, 6.07) is 17.4. The van der Waals surface area contributed by atoms with Crippen LogP contribution >= 0.6 is 0 Å². The number of esters is 1. The summed E-state index contributed by atoms with van der Waals surface area (Å²) in [5.74, 6) is 1.24. The van der Waals surface area contributed by atoms with Gasteiger partial charge in [0.15, 0.2) is 0 Å². The van der Waals surface area contributed by atoms with E-state index in [9.17, 15) is 4.79 Å². The van der Waals surface area contributed by atoms with Gasteiger partial charge >= 0.3 is 5.97 Å². The third-order valence-corrected chi connectivity index (χ3v) is 11.4. The Bertz CT molecular complexity index is 924. The highest BCUT2D eigenvalue weighted by Gasteiger charge is 2.39. The van der Waals surface area contributed by atoms with Crippen LogP contribution in [0.3, 0.4) is 0 Å². The van der Waals surface area contributed by atoms with Crippen LogP contribution in [0.4, 0.5) is 0 Å². The van der Waals surface area contributed by atoms with Crippen molar-refractivity contribution < 1.29 is 14.0 Å². The second-order valence-corrected chi connectivity index (χ2v) is 16.1. The Balaban J connectivity index is 2.56. The van der Waals surface area contributed by atoms with Crippen LogP contribution in [0.25, 0.3) is 0 Å². The van der Waals surface area contributed by atoms with Crippen LogP contribution in [0.15, 0.2) is 48.5 Å². The Morgan fingerprint density at radius 3 is 2.06 bits per heavy atom. The smallest absolute Gasteiger partial charge is 0.308 e. The number of carbonyl (C=O) groups excluding carboxylic acids is 1. The molecule has 4 nitrogen and oxygen atoms in total. The molecule has 1 atom stereocenters. The molecule has 2 aromatic carbocycles. The van der Waals surface area contributed by atoms with Crippen molar-refractivity contribution in [3.8, 4) is 11.5 Å². The molecule has 0 aliphatic carbocycles. The molecule has 0 heterocycles. The zero-order valence-electron chi connectivity index (χ0n) is 22.9. The molecule has 0 saturated carbocycles. The first-order chi connectivity index (χ1) is 15.7. The molecule has 2 rings (SSSR count). The fourth-order valence-electron chi connectivity index (χ4n) is 4.14. The van der Waals surface area contributed by atoms with E-state index in [2.05, 4.69) is 96.8 Å². The highest BCUT2D eigenvalue weighted by molar-refractivity contribution is 6.74. The molecule has 0 aliphatic heterocycles. The molecule has 0 N–H and O–H groups in total. The predicted octanol–water partition coefficient (Wildman–Crippen LogP) is 7.64. The number of hydrogen-bond donors (Lipinski definition) is 0. The summed E-state index contributed by atoms with van der Waals surface area (Å²) in [6.45, 7) is 22.6. The summed E-state index contributed by atoms with van der Waals surface area (Å²) in [4.78, 5) is 14.5. The minimum Gasteiger partial charge on any atom is -0.543 e. The standard InChI is InChI=1S/C29H45NO3Si/c1-21(2)30(22(3)4)19-18-26(24-14-12-11-13-15-24)27-20-25(16-17-28(27)32-23(5)31)33-34(9,10)29(6,7)8/h11-17,20-22,26H,18-19H2,1-10H3. The second kappa shape index (κ2) is 11.5. The van der Waals surface area contributed by atoms with Crippen molar-refractivity contribution in [3.05, 3.63) is 59.7 Å². The molecular weight excluding hydrogens is 438 g/mol. The van der Waals surface area contributed by atoms with Crippen molar-refractivity contribution in [1.29, 1.82) is 0 Å². The molecule has 0 bridgehead atoms. The van der Waals surface area contributed by atoms with Gasteiger partial charge in [-0.15, -0.1) is 0 Å². The van der Waals surface area contributed by atoms with Gasteiger partial charge in [0, 0.05) is 30.5 Å². The van der Waals surface area contributed by atoms with Gasteiger partial charge in [0.2, 0.25) is 8.32 Å². The Hall–Kier alpha value is -2.11. The molecule has 1 unspecified atom stereocenters. The normalized spacial score (nSPS) is 13.4. The lowest BCUT2D eigenvalue weighted by molar-refractivity contribution is -0.131. The van der Waals surface area contributed by atoms with E-state index >= 15 is 0 Å². The molecule has 0 fully saturated rings. The predicted molar refractivity (Wildman–Crippen MR) is 145 cm³/mol. The van der Waals surface area contributed by atoms with E-state index in [4.69, 9.17) is 9.16 Å². The average Bonchev–Trinajstić information content (AvgIpc) is 2.71. The van der Waals surface area contributed by atoms with E-state index in [1.54, 1.807) is 0 Å². The topological polar surface area (TPSA) is 38.8 Å². The maximum Gasteiger partial charge on any atom is 0.308 e. The Morgan fingerprint density at radius 1 is 0.971 bits per heavy atom. The summed E-state index contributed by atoms with van der Waals surface area (Å²) >= 11 is 0. The summed E-state index contributed by atoms with van der Waals surface area (Å²) in [5, 5.41) is 0.0928. The summed E-state index contributed by atoms with van der Waals surface area (Å²) < 4.78 is 12.3. The van der Waals surface area contributed by atoms with E-state index in [0.29, 0.717) is 17.8 Å². The molecule has 0 saturated heterocycles. The molecule has 34 heavy (non-hydrogen) atoms. The zero-order chi connectivity index (χ0) is 25.7. The number of carbonyl (C=O) groups is 1. The second-order valence-electron chi connectivity index (χ2n) is 11.3. The lowest BCUT2D eigenvalue weighted by atomic mass is 9.87. The average molecular weight is 484 g/mol. The Morgan fingerprint density at radius 2 is 1.56 bits per heavy atom. The number of rotatable bonds is 10. The van der Waals surface area contributed by atoms with Crippen molar-refractivity contribution >= 4 is 14.3 Å². The van der Waals surface area contributed by atoms with Gasteiger partial charge in [-0.1, -0.05) is 51.1 Å². The number of ether oxygens (including phenoxy) is 1. The first kappa shape index (κ1) is 28.1. The van der Waals surface area contributed by atoms with Gasteiger partial charge in [0.25, 0.3) is 0 Å². The fraction of sp³-hybridized carbons (Fsp3) is 0.552. The molecule has 0 aromatic heterocycles. The van der Waals surface area contributed by atoms with Crippen molar-refractivity contribution in [2.45, 2.75) is 97.9 Å². The van der Waals surface area contributed by atoms with Gasteiger partial charge in [-0.25, -0.2) is 0 Å². The van der Waals surface area contributed by atoms with E-state index < -0.39 is 8.32 Å². The SMILES string of the molecule is CC(=O)Oc1ccc(O[Si](C)(C)C(C)(C)C)cc1C(CCN(C(C)C)C(C)C)c1ccccc1. The van der Waals surface area contributed by atoms with E-state index in [0.717, 1.165) is 24.3 Å². The van der Waals surface area contributed by atoms with E-state index in [1.165, 1.54) is 12.5 Å². The quantitative estimate of drug-likeness (QED) is 0.198. The van der Waals surface area contributed by atoms with E-state index in [1.807, 2.05) is 18.2 Å². The third kappa shape index (κ3) is 7.44. The van der Waals surface area contributed by atoms with Gasteiger partial charge in [-0.3, -0.25) is 9.69 Å². The van der Waals surface area contributed by atoms with Crippen molar-refractivity contribution in [2.75, 3.05) is 6.54 Å². The van der Waals surface area contributed by atoms with Gasteiger partial charge in [-0.05, 0) is 82.6 Å². The Labute approximate surface area is 208 Å². The molecule has 188 valence electrons. The largest absolute Gasteiger partial charge is 0.543 e. The van der Waals surface area contributed by atoms with Crippen LogP contribution in [0, 0.1) is 0 Å². The van der Waals surface area contributed by atoms with Gasteiger partial charge < -0.3 is 9.16 Å². The number of nitrogens with zero attached hydrogens (tertiary/aromatic N) is 1. The van der Waals surface area contributed by atoms with Crippen LogP contribution in [0.1, 0.15) is 78.9 Å². The monoisotopic (exact) mass is 483 g/mol. The molecule has 0 amide bonds. The first-order valence-electron chi connectivity index (χ1n) is 12.5.